The molecule has 1 atom stereocenters. The van der Waals surface area contributed by atoms with Gasteiger partial charge in [-0.15, -0.1) is 0 Å². The summed E-state index contributed by atoms with van der Waals surface area (Å²) in [6.45, 7) is 2.57. The van der Waals surface area contributed by atoms with E-state index in [1.807, 2.05) is 35.9 Å². The lowest BCUT2D eigenvalue weighted by atomic mass is 9.83. The molecule has 29 heavy (non-hydrogen) atoms. The maximum Gasteiger partial charge on any atom is 0.319 e. The van der Waals surface area contributed by atoms with Crippen LogP contribution in [-0.4, -0.2) is 29.2 Å². The number of aryl methyl sites for hydroxylation is 2. The normalized spacial score (nSPS) is 15.4. The van der Waals surface area contributed by atoms with Gasteiger partial charge in [0.1, 0.15) is 5.75 Å². The molecule has 0 saturated carbocycles. The molecular formula is C23H26N4O2. The number of nitrogens with zero attached hydrogens (tertiary/aromatic N) is 2. The number of methoxy groups -OCH3 is 1. The molecule has 0 bridgehead atoms. The van der Waals surface area contributed by atoms with E-state index in [0.717, 1.165) is 30.6 Å². The van der Waals surface area contributed by atoms with Crippen LogP contribution in [0.3, 0.4) is 0 Å². The molecule has 0 aliphatic heterocycles. The van der Waals surface area contributed by atoms with E-state index in [0.29, 0.717) is 23.9 Å². The van der Waals surface area contributed by atoms with E-state index >= 15 is 0 Å². The van der Waals surface area contributed by atoms with Crippen LogP contribution in [-0.2, 0) is 6.42 Å². The Balaban J connectivity index is 1.40. The van der Waals surface area contributed by atoms with Gasteiger partial charge in [-0.3, -0.25) is 0 Å². The zero-order valence-electron chi connectivity index (χ0n) is 16.8. The number of imidazole rings is 1. The number of ether oxygens (including phenoxy) is 1. The SMILES string of the molecule is COc1cc(NC(=O)NCC2CCCc3ccccc32)ccc1-n1cnc(C)c1. The minimum Gasteiger partial charge on any atom is -0.494 e. The lowest BCUT2D eigenvalue weighted by Crippen LogP contribution is -2.33. The first kappa shape index (κ1) is 19.1. The molecule has 0 fully saturated rings. The average Bonchev–Trinajstić information content (AvgIpc) is 3.18. The average molecular weight is 390 g/mol. The quantitative estimate of drug-likeness (QED) is 0.677. The van der Waals surface area contributed by atoms with Crippen molar-refractivity contribution < 1.29 is 9.53 Å². The number of fused-ring (bicyclic) bond motifs is 1. The van der Waals surface area contributed by atoms with Gasteiger partial charge >= 0.3 is 6.03 Å². The Hall–Kier alpha value is -3.28. The maximum atomic E-state index is 12.4. The number of nitrogens with one attached hydrogen (secondary N) is 2. The van der Waals surface area contributed by atoms with Crippen molar-refractivity contribution in [2.75, 3.05) is 19.0 Å². The Kier molecular flexibility index (Phi) is 5.51. The van der Waals surface area contributed by atoms with Crippen LogP contribution in [0.1, 0.15) is 35.6 Å². The Bertz CT molecular complexity index is 1010. The van der Waals surface area contributed by atoms with Crippen LogP contribution in [0.4, 0.5) is 10.5 Å². The summed E-state index contributed by atoms with van der Waals surface area (Å²) in [7, 11) is 1.62. The first-order chi connectivity index (χ1) is 14.1. The summed E-state index contributed by atoms with van der Waals surface area (Å²) in [5.74, 6) is 1.04. The Labute approximate surface area is 170 Å². The second kappa shape index (κ2) is 8.39. The Morgan fingerprint density at radius 3 is 2.93 bits per heavy atom. The summed E-state index contributed by atoms with van der Waals surface area (Å²) in [6, 6.07) is 13.9. The first-order valence-electron chi connectivity index (χ1n) is 9.95. The second-order valence-electron chi connectivity index (χ2n) is 7.43. The molecule has 0 radical (unpaired) electrons. The van der Waals surface area contributed by atoms with Crippen LogP contribution in [0.15, 0.2) is 55.0 Å². The molecule has 3 aromatic rings. The number of aromatic nitrogens is 2. The maximum absolute atomic E-state index is 12.4. The molecular weight excluding hydrogens is 364 g/mol. The van der Waals surface area contributed by atoms with E-state index in [9.17, 15) is 4.79 Å². The van der Waals surface area contributed by atoms with Gasteiger partial charge in [0.2, 0.25) is 0 Å². The van der Waals surface area contributed by atoms with E-state index in [4.69, 9.17) is 4.74 Å². The van der Waals surface area contributed by atoms with Gasteiger partial charge in [0.15, 0.2) is 0 Å². The first-order valence-corrected chi connectivity index (χ1v) is 9.95. The summed E-state index contributed by atoms with van der Waals surface area (Å²) < 4.78 is 7.41. The van der Waals surface area contributed by atoms with Crippen molar-refractivity contribution >= 4 is 11.7 Å². The third-order valence-corrected chi connectivity index (χ3v) is 5.43. The summed E-state index contributed by atoms with van der Waals surface area (Å²) in [6.07, 6.45) is 7.07. The summed E-state index contributed by atoms with van der Waals surface area (Å²) in [5.41, 5.74) is 5.25. The van der Waals surface area contributed by atoms with Gasteiger partial charge in [0.25, 0.3) is 0 Å². The van der Waals surface area contributed by atoms with Crippen molar-refractivity contribution in [3.63, 3.8) is 0 Å². The predicted octanol–water partition coefficient (Wildman–Crippen LogP) is 4.43. The fourth-order valence-electron chi connectivity index (χ4n) is 3.98. The van der Waals surface area contributed by atoms with Crippen molar-refractivity contribution in [2.45, 2.75) is 32.1 Å². The number of anilines is 1. The lowest BCUT2D eigenvalue weighted by Gasteiger charge is -2.25. The van der Waals surface area contributed by atoms with E-state index < -0.39 is 0 Å². The minimum absolute atomic E-state index is 0.207. The molecule has 0 spiro atoms. The molecule has 1 aliphatic carbocycles. The number of carbonyl (C=O) groups is 1. The standard InChI is InChI=1S/C23H26N4O2/c1-16-14-27(15-25-16)21-11-10-19(12-22(21)29-2)26-23(28)24-13-18-8-5-7-17-6-3-4-9-20(17)18/h3-4,6,9-12,14-15,18H,5,7-8,13H2,1-2H3,(H2,24,26,28). The highest BCUT2D eigenvalue weighted by atomic mass is 16.5. The molecule has 4 rings (SSSR count). The third-order valence-electron chi connectivity index (χ3n) is 5.43. The van der Waals surface area contributed by atoms with Gasteiger partial charge in [0, 0.05) is 30.4 Å². The van der Waals surface area contributed by atoms with Crippen LogP contribution in [0.2, 0.25) is 0 Å². The molecule has 0 saturated heterocycles. The van der Waals surface area contributed by atoms with Crippen molar-refractivity contribution in [3.8, 4) is 11.4 Å². The number of hydrogen-bond acceptors (Lipinski definition) is 3. The van der Waals surface area contributed by atoms with E-state index in [-0.39, 0.29) is 6.03 Å². The van der Waals surface area contributed by atoms with Crippen molar-refractivity contribution in [1.29, 1.82) is 0 Å². The molecule has 2 amide bonds. The zero-order chi connectivity index (χ0) is 20.2. The van der Waals surface area contributed by atoms with Gasteiger partial charge in [-0.05, 0) is 49.4 Å². The molecule has 6 nitrogen and oxygen atoms in total. The third kappa shape index (κ3) is 4.26. The van der Waals surface area contributed by atoms with Gasteiger partial charge in [0.05, 0.1) is 24.8 Å². The highest BCUT2D eigenvalue weighted by Crippen LogP contribution is 2.31. The molecule has 6 heteroatoms. The van der Waals surface area contributed by atoms with Crippen LogP contribution < -0.4 is 15.4 Å². The van der Waals surface area contributed by atoms with Crippen molar-refractivity contribution in [2.24, 2.45) is 0 Å². The number of amides is 2. The van der Waals surface area contributed by atoms with Crippen LogP contribution >= 0.6 is 0 Å². The fraction of sp³-hybridized carbons (Fsp3) is 0.304. The van der Waals surface area contributed by atoms with E-state index in [2.05, 4.69) is 39.9 Å². The van der Waals surface area contributed by atoms with Gasteiger partial charge in [-0.25, -0.2) is 9.78 Å². The molecule has 1 heterocycles. The number of urea groups is 1. The highest BCUT2D eigenvalue weighted by molar-refractivity contribution is 5.89. The summed E-state index contributed by atoms with van der Waals surface area (Å²) in [5, 5.41) is 5.93. The summed E-state index contributed by atoms with van der Waals surface area (Å²) in [4.78, 5) is 16.7. The van der Waals surface area contributed by atoms with Crippen LogP contribution in [0.5, 0.6) is 5.75 Å². The van der Waals surface area contributed by atoms with E-state index in [1.54, 1.807) is 13.4 Å². The van der Waals surface area contributed by atoms with Gasteiger partial charge in [-0.1, -0.05) is 24.3 Å². The van der Waals surface area contributed by atoms with Crippen molar-refractivity contribution in [3.05, 3.63) is 71.8 Å². The monoisotopic (exact) mass is 390 g/mol. The molecule has 1 unspecified atom stereocenters. The largest absolute Gasteiger partial charge is 0.494 e. The van der Waals surface area contributed by atoms with Gasteiger partial charge in [-0.2, -0.15) is 0 Å². The fourth-order valence-corrected chi connectivity index (χ4v) is 3.98. The lowest BCUT2D eigenvalue weighted by molar-refractivity contribution is 0.251. The molecule has 2 N–H and O–H groups in total. The molecule has 150 valence electrons. The smallest absolute Gasteiger partial charge is 0.319 e. The second-order valence-corrected chi connectivity index (χ2v) is 7.43. The highest BCUT2D eigenvalue weighted by Gasteiger charge is 2.20. The number of hydrogen-bond donors (Lipinski definition) is 2. The zero-order valence-corrected chi connectivity index (χ0v) is 16.8. The van der Waals surface area contributed by atoms with Crippen molar-refractivity contribution in [1.82, 2.24) is 14.9 Å². The Morgan fingerprint density at radius 2 is 2.14 bits per heavy atom. The predicted molar refractivity (Wildman–Crippen MR) is 114 cm³/mol. The molecule has 1 aromatic heterocycles. The summed E-state index contributed by atoms with van der Waals surface area (Å²) >= 11 is 0. The van der Waals surface area contributed by atoms with E-state index in [1.165, 1.54) is 11.1 Å². The number of benzene rings is 2. The van der Waals surface area contributed by atoms with Crippen LogP contribution in [0, 0.1) is 6.92 Å². The number of rotatable bonds is 5. The Morgan fingerprint density at radius 1 is 1.28 bits per heavy atom. The van der Waals surface area contributed by atoms with Crippen LogP contribution in [0.25, 0.3) is 5.69 Å². The molecule has 2 aromatic carbocycles. The minimum atomic E-state index is -0.207. The number of carbonyl (C=O) groups excluding carboxylic acids is 1. The van der Waals surface area contributed by atoms with Gasteiger partial charge < -0.3 is 19.9 Å². The molecule has 1 aliphatic rings. The topological polar surface area (TPSA) is 68.2 Å².